The van der Waals surface area contributed by atoms with E-state index in [9.17, 15) is 14.4 Å². The number of carbonyl (C=O) groups is 3. The second-order valence-electron chi connectivity index (χ2n) is 7.80. The molecule has 0 bridgehead atoms. The van der Waals surface area contributed by atoms with Crippen LogP contribution in [-0.2, 0) is 14.3 Å². The van der Waals surface area contributed by atoms with Crippen molar-refractivity contribution in [3.05, 3.63) is 34.1 Å². The summed E-state index contributed by atoms with van der Waals surface area (Å²) in [5, 5.41) is 6.12. The van der Waals surface area contributed by atoms with E-state index in [1.54, 1.807) is 35.2 Å². The second kappa shape index (κ2) is 10.1. The van der Waals surface area contributed by atoms with Gasteiger partial charge >= 0.3 is 6.09 Å². The van der Waals surface area contributed by atoms with E-state index in [2.05, 4.69) is 26.6 Å². The molecule has 176 valence electrons. The van der Waals surface area contributed by atoms with Crippen molar-refractivity contribution in [2.45, 2.75) is 31.2 Å². The van der Waals surface area contributed by atoms with Crippen molar-refractivity contribution in [2.75, 3.05) is 37.1 Å². The third-order valence-corrected chi connectivity index (χ3v) is 7.19. The zero-order valence-electron chi connectivity index (χ0n) is 18.0. The minimum atomic E-state index is -1.06. The highest BCUT2D eigenvalue weighted by atomic mass is 79.9. The summed E-state index contributed by atoms with van der Waals surface area (Å²) in [6.45, 7) is 0.894. The Labute approximate surface area is 203 Å². The van der Waals surface area contributed by atoms with Gasteiger partial charge in [-0.2, -0.15) is 0 Å². The van der Waals surface area contributed by atoms with E-state index in [1.807, 2.05) is 0 Å². The average molecular weight is 538 g/mol. The summed E-state index contributed by atoms with van der Waals surface area (Å²) >= 11 is 4.62. The number of hydrogen-bond acceptors (Lipinski definition) is 7. The topological polar surface area (TPSA) is 106 Å². The molecular formula is C22H24BrN3O6S. The van der Waals surface area contributed by atoms with Crippen LogP contribution >= 0.6 is 27.3 Å². The number of rotatable bonds is 6. The molecule has 1 aliphatic carbocycles. The maximum absolute atomic E-state index is 13.3. The third-order valence-electron chi connectivity index (χ3n) is 5.69. The number of methoxy groups -OCH3 is 1. The molecule has 2 aliphatic rings. The van der Waals surface area contributed by atoms with Crippen LogP contribution in [-0.4, -0.2) is 50.3 Å². The Bertz CT molecular complexity index is 1050. The fraction of sp³-hybridized carbons (Fsp3) is 0.409. The van der Waals surface area contributed by atoms with Gasteiger partial charge in [-0.3, -0.25) is 9.59 Å². The Kier molecular flexibility index (Phi) is 7.20. The maximum Gasteiger partial charge on any atom is 0.414 e. The van der Waals surface area contributed by atoms with Crippen molar-refractivity contribution in [1.29, 1.82) is 0 Å². The van der Waals surface area contributed by atoms with E-state index in [-0.39, 0.29) is 18.4 Å². The Morgan fingerprint density at radius 1 is 1.21 bits per heavy atom. The summed E-state index contributed by atoms with van der Waals surface area (Å²) < 4.78 is 16.8. The van der Waals surface area contributed by atoms with Crippen LogP contribution in [0.25, 0.3) is 0 Å². The number of morpholine rings is 1. The van der Waals surface area contributed by atoms with Crippen molar-refractivity contribution >= 4 is 56.5 Å². The summed E-state index contributed by atoms with van der Waals surface area (Å²) in [5.41, 5.74) is 0.0608. The molecule has 0 radical (unpaired) electrons. The predicted molar refractivity (Wildman–Crippen MR) is 127 cm³/mol. The van der Waals surface area contributed by atoms with Crippen molar-refractivity contribution in [1.82, 2.24) is 5.32 Å². The van der Waals surface area contributed by atoms with Crippen molar-refractivity contribution in [2.24, 2.45) is 0 Å². The number of thiophene rings is 1. The predicted octanol–water partition coefficient (Wildman–Crippen LogP) is 3.92. The summed E-state index contributed by atoms with van der Waals surface area (Å²) in [6.07, 6.45) is 2.00. The molecule has 2 fully saturated rings. The number of nitrogens with one attached hydrogen (secondary N) is 2. The van der Waals surface area contributed by atoms with E-state index in [0.29, 0.717) is 48.2 Å². The first-order chi connectivity index (χ1) is 15.9. The molecule has 3 amide bonds. The number of benzene rings is 1. The molecular weight excluding hydrogens is 514 g/mol. The molecule has 2 aromatic rings. The zero-order chi connectivity index (χ0) is 23.4. The largest absolute Gasteiger partial charge is 0.494 e. The molecule has 1 aromatic heterocycles. The van der Waals surface area contributed by atoms with Gasteiger partial charge in [-0.05, 0) is 53.0 Å². The molecule has 1 saturated carbocycles. The van der Waals surface area contributed by atoms with Gasteiger partial charge < -0.3 is 29.7 Å². The second-order valence-corrected chi connectivity index (χ2v) is 10.2. The minimum absolute atomic E-state index is 0.0222. The molecule has 0 atom stereocenters. The van der Waals surface area contributed by atoms with Gasteiger partial charge in [-0.25, -0.2) is 4.79 Å². The van der Waals surface area contributed by atoms with Crippen LogP contribution in [0.2, 0.25) is 0 Å². The Hall–Kier alpha value is -2.63. The Balaban J connectivity index is 1.48. The number of ether oxygens (including phenoxy) is 3. The highest BCUT2D eigenvalue weighted by Gasteiger charge is 2.43. The van der Waals surface area contributed by atoms with Crippen LogP contribution in [0.4, 0.5) is 16.2 Å². The quantitative estimate of drug-likeness (QED) is 0.578. The molecule has 1 aromatic carbocycles. The van der Waals surface area contributed by atoms with E-state index in [4.69, 9.17) is 14.2 Å². The first-order valence-corrected chi connectivity index (χ1v) is 12.1. The average Bonchev–Trinajstić information content (AvgIpc) is 3.43. The number of hydrogen-bond donors (Lipinski definition) is 2. The van der Waals surface area contributed by atoms with E-state index in [0.717, 1.165) is 16.6 Å². The van der Waals surface area contributed by atoms with Gasteiger partial charge in [0.05, 0.1) is 23.2 Å². The summed E-state index contributed by atoms with van der Waals surface area (Å²) in [5.74, 6) is -0.0116. The van der Waals surface area contributed by atoms with Gasteiger partial charge in [0, 0.05) is 18.3 Å². The third kappa shape index (κ3) is 5.31. The summed E-state index contributed by atoms with van der Waals surface area (Å²) in [7, 11) is 1.51. The van der Waals surface area contributed by atoms with E-state index in [1.165, 1.54) is 18.4 Å². The lowest BCUT2D eigenvalue weighted by atomic mass is 9.96. The summed E-state index contributed by atoms with van der Waals surface area (Å²) in [6, 6.07) is 8.58. The molecule has 4 rings (SSSR count). The Morgan fingerprint density at radius 2 is 2.00 bits per heavy atom. The van der Waals surface area contributed by atoms with Crippen molar-refractivity contribution in [3.63, 3.8) is 0 Å². The smallest absolute Gasteiger partial charge is 0.414 e. The number of halogens is 1. The van der Waals surface area contributed by atoms with Crippen LogP contribution in [0.3, 0.4) is 0 Å². The first kappa shape index (κ1) is 23.5. The normalized spacial score (nSPS) is 17.5. The molecule has 9 nitrogen and oxygen atoms in total. The molecule has 2 N–H and O–H groups in total. The van der Waals surface area contributed by atoms with Gasteiger partial charge in [0.15, 0.2) is 5.06 Å². The standard InChI is InChI=1S/C22H24BrN3O6S/c1-30-16-12-14(4-5-15(16)26-10-11-31-13-18(26)27)24-20(28)22(8-2-3-9-22)25-21(29)32-19-7-6-17(23)33-19/h4-7,12H,2-3,8-11,13H2,1H3,(H,24,28)(H,25,29). The molecule has 0 unspecified atom stereocenters. The van der Waals surface area contributed by atoms with Crippen LogP contribution < -0.4 is 25.0 Å². The highest BCUT2D eigenvalue weighted by Crippen LogP contribution is 2.35. The van der Waals surface area contributed by atoms with Gasteiger partial charge in [0.1, 0.15) is 17.9 Å². The number of amides is 3. The van der Waals surface area contributed by atoms with Crippen LogP contribution in [0, 0.1) is 0 Å². The minimum Gasteiger partial charge on any atom is -0.494 e. The fourth-order valence-electron chi connectivity index (χ4n) is 4.05. The number of nitrogens with zero attached hydrogens (tertiary/aromatic N) is 1. The molecule has 2 heterocycles. The van der Waals surface area contributed by atoms with Crippen molar-refractivity contribution in [3.8, 4) is 10.8 Å². The molecule has 33 heavy (non-hydrogen) atoms. The SMILES string of the molecule is COc1cc(NC(=O)C2(NC(=O)Oc3ccc(Br)s3)CCCC2)ccc1N1CCOCC1=O. The van der Waals surface area contributed by atoms with Gasteiger partial charge in [-0.15, -0.1) is 0 Å². The first-order valence-electron chi connectivity index (χ1n) is 10.5. The molecule has 1 aliphatic heterocycles. The monoisotopic (exact) mass is 537 g/mol. The van der Waals surface area contributed by atoms with Crippen LogP contribution in [0.15, 0.2) is 34.1 Å². The maximum atomic E-state index is 13.3. The molecule has 11 heteroatoms. The van der Waals surface area contributed by atoms with Gasteiger partial charge in [0.2, 0.25) is 5.91 Å². The number of anilines is 2. The number of carbonyl (C=O) groups excluding carboxylic acids is 3. The fourth-order valence-corrected chi connectivity index (χ4v) is 5.25. The lowest BCUT2D eigenvalue weighted by Gasteiger charge is -2.29. The molecule has 1 saturated heterocycles. The highest BCUT2D eigenvalue weighted by molar-refractivity contribution is 9.11. The lowest BCUT2D eigenvalue weighted by molar-refractivity contribution is -0.125. The lowest BCUT2D eigenvalue weighted by Crippen LogP contribution is -2.55. The zero-order valence-corrected chi connectivity index (χ0v) is 20.4. The Morgan fingerprint density at radius 3 is 2.67 bits per heavy atom. The van der Waals surface area contributed by atoms with Gasteiger partial charge in [-0.1, -0.05) is 24.2 Å². The van der Waals surface area contributed by atoms with E-state index < -0.39 is 11.6 Å². The van der Waals surface area contributed by atoms with Crippen LogP contribution in [0.5, 0.6) is 10.8 Å². The van der Waals surface area contributed by atoms with E-state index >= 15 is 0 Å². The summed E-state index contributed by atoms with van der Waals surface area (Å²) in [4.78, 5) is 39.6. The van der Waals surface area contributed by atoms with Gasteiger partial charge in [0.25, 0.3) is 5.91 Å². The van der Waals surface area contributed by atoms with Crippen LogP contribution in [0.1, 0.15) is 25.7 Å². The molecule has 0 spiro atoms. The van der Waals surface area contributed by atoms with Crippen molar-refractivity contribution < 1.29 is 28.6 Å².